The lowest BCUT2D eigenvalue weighted by molar-refractivity contribution is -0.141. The van der Waals surface area contributed by atoms with E-state index < -0.39 is 12.0 Å². The first-order valence-corrected chi connectivity index (χ1v) is 6.43. The highest BCUT2D eigenvalue weighted by Gasteiger charge is 2.40. The standard InChI is InChI=1S/C12H20N2O3/c1-2-4-8-7-9(8)13-12(17)14-6-3-5-10(14)11(15)16/h8-10H,2-7H2,1H3,(H,13,17)(H,15,16)/t8?,9?,10-/m0/s1. The molecule has 17 heavy (non-hydrogen) atoms. The Morgan fingerprint density at radius 1 is 1.47 bits per heavy atom. The number of carbonyl (C=O) groups excluding carboxylic acids is 1. The first-order valence-electron chi connectivity index (χ1n) is 6.43. The number of hydrogen-bond acceptors (Lipinski definition) is 2. The molecule has 0 aromatic carbocycles. The van der Waals surface area contributed by atoms with Gasteiger partial charge in [0.2, 0.25) is 0 Å². The summed E-state index contributed by atoms with van der Waals surface area (Å²) in [6.45, 7) is 2.70. The van der Waals surface area contributed by atoms with Crippen LogP contribution in [0.5, 0.6) is 0 Å². The van der Waals surface area contributed by atoms with Crippen LogP contribution >= 0.6 is 0 Å². The lowest BCUT2D eigenvalue weighted by atomic mass is 10.2. The van der Waals surface area contributed by atoms with Gasteiger partial charge in [0.1, 0.15) is 6.04 Å². The average molecular weight is 240 g/mol. The molecule has 0 aromatic rings. The van der Waals surface area contributed by atoms with Crippen molar-refractivity contribution in [2.45, 2.75) is 51.1 Å². The molecule has 1 aliphatic carbocycles. The van der Waals surface area contributed by atoms with E-state index >= 15 is 0 Å². The fourth-order valence-electron chi connectivity index (χ4n) is 2.62. The molecule has 2 aliphatic rings. The zero-order chi connectivity index (χ0) is 12.4. The Balaban J connectivity index is 1.82. The molecule has 0 spiro atoms. The summed E-state index contributed by atoms with van der Waals surface area (Å²) in [6, 6.07) is -0.547. The largest absolute Gasteiger partial charge is 0.480 e. The molecule has 2 fully saturated rings. The second kappa shape index (κ2) is 4.94. The van der Waals surface area contributed by atoms with Crippen molar-refractivity contribution in [3.8, 4) is 0 Å². The topological polar surface area (TPSA) is 69.6 Å². The number of likely N-dealkylation sites (tertiary alicyclic amines) is 1. The van der Waals surface area contributed by atoms with Gasteiger partial charge in [-0.25, -0.2) is 9.59 Å². The summed E-state index contributed by atoms with van der Waals surface area (Å²) in [5, 5.41) is 11.9. The van der Waals surface area contributed by atoms with Crippen LogP contribution in [0.3, 0.4) is 0 Å². The lowest BCUT2D eigenvalue weighted by Crippen LogP contribution is -2.46. The van der Waals surface area contributed by atoms with Crippen molar-refractivity contribution in [2.75, 3.05) is 6.54 Å². The molecule has 1 aliphatic heterocycles. The van der Waals surface area contributed by atoms with Gasteiger partial charge >= 0.3 is 12.0 Å². The van der Waals surface area contributed by atoms with E-state index in [-0.39, 0.29) is 12.1 Å². The van der Waals surface area contributed by atoms with Crippen molar-refractivity contribution in [1.82, 2.24) is 10.2 Å². The third kappa shape index (κ3) is 2.70. The van der Waals surface area contributed by atoms with Gasteiger partial charge in [-0.1, -0.05) is 13.3 Å². The SMILES string of the molecule is CCCC1CC1NC(=O)N1CCC[C@H]1C(=O)O. The lowest BCUT2D eigenvalue weighted by Gasteiger charge is -2.21. The van der Waals surface area contributed by atoms with Crippen LogP contribution in [0.25, 0.3) is 0 Å². The van der Waals surface area contributed by atoms with Crippen LogP contribution in [0.15, 0.2) is 0 Å². The molecule has 2 unspecified atom stereocenters. The molecule has 3 atom stereocenters. The number of rotatable bonds is 4. The molecule has 1 saturated carbocycles. The van der Waals surface area contributed by atoms with E-state index in [4.69, 9.17) is 5.11 Å². The Morgan fingerprint density at radius 2 is 2.24 bits per heavy atom. The number of nitrogens with one attached hydrogen (secondary N) is 1. The molecule has 0 bridgehead atoms. The van der Waals surface area contributed by atoms with Gasteiger partial charge in [-0.2, -0.15) is 0 Å². The third-order valence-electron chi connectivity index (χ3n) is 3.69. The number of amides is 2. The Morgan fingerprint density at radius 3 is 2.88 bits per heavy atom. The zero-order valence-electron chi connectivity index (χ0n) is 10.2. The molecule has 0 radical (unpaired) electrons. The van der Waals surface area contributed by atoms with Crippen molar-refractivity contribution < 1.29 is 14.7 Å². The summed E-state index contributed by atoms with van der Waals surface area (Å²) in [7, 11) is 0. The highest BCUT2D eigenvalue weighted by atomic mass is 16.4. The van der Waals surface area contributed by atoms with Crippen LogP contribution in [0.4, 0.5) is 4.79 Å². The quantitative estimate of drug-likeness (QED) is 0.781. The summed E-state index contributed by atoms with van der Waals surface area (Å²) >= 11 is 0. The number of urea groups is 1. The van der Waals surface area contributed by atoms with Gasteiger partial charge in [-0.05, 0) is 31.6 Å². The van der Waals surface area contributed by atoms with Crippen molar-refractivity contribution in [1.29, 1.82) is 0 Å². The molecule has 0 aromatic heterocycles. The predicted octanol–water partition coefficient (Wildman–Crippen LogP) is 1.43. The molecule has 96 valence electrons. The van der Waals surface area contributed by atoms with Gasteiger partial charge < -0.3 is 15.3 Å². The van der Waals surface area contributed by atoms with Gasteiger partial charge in [-0.3, -0.25) is 0 Å². The minimum atomic E-state index is -0.890. The van der Waals surface area contributed by atoms with Crippen LogP contribution in [0.1, 0.15) is 39.0 Å². The number of hydrogen-bond donors (Lipinski definition) is 2. The van der Waals surface area contributed by atoms with Crippen LogP contribution in [0.2, 0.25) is 0 Å². The first-order chi connectivity index (χ1) is 8.13. The van der Waals surface area contributed by atoms with E-state index in [0.717, 1.165) is 25.7 Å². The van der Waals surface area contributed by atoms with Crippen molar-refractivity contribution in [3.05, 3.63) is 0 Å². The van der Waals surface area contributed by atoms with Crippen LogP contribution in [0, 0.1) is 5.92 Å². The van der Waals surface area contributed by atoms with E-state index in [1.165, 1.54) is 4.90 Å². The Hall–Kier alpha value is -1.26. The Bertz CT molecular complexity index is 319. The highest BCUT2D eigenvalue weighted by Crippen LogP contribution is 2.34. The second-order valence-corrected chi connectivity index (χ2v) is 5.03. The third-order valence-corrected chi connectivity index (χ3v) is 3.69. The van der Waals surface area contributed by atoms with Gasteiger partial charge in [0.05, 0.1) is 0 Å². The maximum absolute atomic E-state index is 11.9. The highest BCUT2D eigenvalue weighted by molar-refractivity contribution is 5.83. The molecular weight excluding hydrogens is 220 g/mol. The number of carboxylic acids is 1. The van der Waals surface area contributed by atoms with Crippen LogP contribution in [-0.2, 0) is 4.79 Å². The second-order valence-electron chi connectivity index (χ2n) is 5.03. The van der Waals surface area contributed by atoms with Crippen molar-refractivity contribution in [2.24, 2.45) is 5.92 Å². The number of carboxylic acid groups (broad SMARTS) is 1. The molecular formula is C12H20N2O3. The smallest absolute Gasteiger partial charge is 0.326 e. The van der Waals surface area contributed by atoms with E-state index in [9.17, 15) is 9.59 Å². The first kappa shape index (κ1) is 12.2. The number of carbonyl (C=O) groups is 2. The van der Waals surface area contributed by atoms with E-state index in [1.807, 2.05) is 0 Å². The summed E-state index contributed by atoms with van der Waals surface area (Å²) in [6.07, 6.45) is 4.69. The molecule has 2 N–H and O–H groups in total. The monoisotopic (exact) mass is 240 g/mol. The molecule has 2 amide bonds. The van der Waals surface area contributed by atoms with Gasteiger partial charge in [-0.15, -0.1) is 0 Å². The van der Waals surface area contributed by atoms with Crippen molar-refractivity contribution >= 4 is 12.0 Å². The summed E-state index contributed by atoms with van der Waals surface area (Å²) < 4.78 is 0. The van der Waals surface area contributed by atoms with E-state index in [2.05, 4.69) is 12.2 Å². The Labute approximate surface area is 101 Å². The van der Waals surface area contributed by atoms with Gasteiger partial charge in [0, 0.05) is 12.6 Å². The molecule has 2 rings (SSSR count). The van der Waals surface area contributed by atoms with Crippen LogP contribution in [-0.4, -0.2) is 40.6 Å². The molecule has 5 heteroatoms. The summed E-state index contributed by atoms with van der Waals surface area (Å²) in [5.41, 5.74) is 0. The maximum atomic E-state index is 11.9. The average Bonchev–Trinajstić information content (AvgIpc) is 2.83. The summed E-state index contributed by atoms with van der Waals surface area (Å²) in [4.78, 5) is 24.3. The molecule has 1 heterocycles. The zero-order valence-corrected chi connectivity index (χ0v) is 10.2. The van der Waals surface area contributed by atoms with E-state index in [0.29, 0.717) is 18.9 Å². The van der Waals surface area contributed by atoms with Gasteiger partial charge in [0.15, 0.2) is 0 Å². The number of nitrogens with zero attached hydrogens (tertiary/aromatic N) is 1. The molecule has 1 saturated heterocycles. The normalized spacial score (nSPS) is 31.4. The minimum Gasteiger partial charge on any atom is -0.480 e. The minimum absolute atomic E-state index is 0.196. The number of aliphatic carboxylic acids is 1. The van der Waals surface area contributed by atoms with Crippen LogP contribution < -0.4 is 5.32 Å². The van der Waals surface area contributed by atoms with E-state index in [1.54, 1.807) is 0 Å². The van der Waals surface area contributed by atoms with Gasteiger partial charge in [0.25, 0.3) is 0 Å². The Kier molecular flexibility index (Phi) is 3.54. The van der Waals surface area contributed by atoms with Crippen molar-refractivity contribution in [3.63, 3.8) is 0 Å². The summed E-state index contributed by atoms with van der Waals surface area (Å²) in [5.74, 6) is -0.284. The predicted molar refractivity (Wildman–Crippen MR) is 62.7 cm³/mol. The fraction of sp³-hybridized carbons (Fsp3) is 0.833. The molecule has 5 nitrogen and oxygen atoms in total. The maximum Gasteiger partial charge on any atom is 0.326 e. The fourth-order valence-corrected chi connectivity index (χ4v) is 2.62.